The lowest BCUT2D eigenvalue weighted by atomic mass is 10.00. The number of hydrogen-bond acceptors (Lipinski definition) is 2. The lowest BCUT2D eigenvalue weighted by molar-refractivity contribution is 0.120. The van der Waals surface area contributed by atoms with Gasteiger partial charge in [0.2, 0.25) is 0 Å². The second kappa shape index (κ2) is 4.14. The fourth-order valence-electron chi connectivity index (χ4n) is 1.34. The fourth-order valence-corrected chi connectivity index (χ4v) is 1.34. The summed E-state index contributed by atoms with van der Waals surface area (Å²) in [6.07, 6.45) is 3.07. The number of carbonyl (C=O) groups is 1. The monoisotopic (exact) mass is 169 g/mol. The first-order valence-electron chi connectivity index (χ1n) is 4.30. The largest absolute Gasteiger partial charge is 0.419 e. The van der Waals surface area contributed by atoms with E-state index < -0.39 is 0 Å². The van der Waals surface area contributed by atoms with E-state index in [4.69, 9.17) is 0 Å². The van der Waals surface area contributed by atoms with Gasteiger partial charge in [0, 0.05) is 13.1 Å². The van der Waals surface area contributed by atoms with Gasteiger partial charge in [0.25, 0.3) is 0 Å². The van der Waals surface area contributed by atoms with Crippen molar-refractivity contribution in [3.8, 4) is 0 Å². The van der Waals surface area contributed by atoms with Crippen molar-refractivity contribution in [3.05, 3.63) is 12.8 Å². The molecule has 3 nitrogen and oxygen atoms in total. The molecule has 0 saturated carbocycles. The summed E-state index contributed by atoms with van der Waals surface area (Å²) in [6.45, 7) is 7.17. The van der Waals surface area contributed by atoms with Crippen molar-refractivity contribution >= 4 is 6.09 Å². The van der Waals surface area contributed by atoms with E-state index in [1.807, 2.05) is 0 Å². The molecular weight excluding hydrogens is 154 g/mol. The first kappa shape index (κ1) is 9.10. The standard InChI is InChI=1S/C9H15NO2/c1-3-12-9(11)10-6-4-8(2)5-7-10/h3,8H,1,4-7H2,2H3. The molecule has 0 aromatic carbocycles. The quantitative estimate of drug-likeness (QED) is 0.562. The molecule has 0 atom stereocenters. The first-order chi connectivity index (χ1) is 5.74. The van der Waals surface area contributed by atoms with Gasteiger partial charge in [-0.15, -0.1) is 0 Å². The second-order valence-corrected chi connectivity index (χ2v) is 3.22. The second-order valence-electron chi connectivity index (χ2n) is 3.22. The summed E-state index contributed by atoms with van der Waals surface area (Å²) < 4.78 is 4.67. The van der Waals surface area contributed by atoms with Crippen LogP contribution in [0.3, 0.4) is 0 Å². The summed E-state index contributed by atoms with van der Waals surface area (Å²) in [6, 6.07) is 0. The van der Waals surface area contributed by atoms with E-state index in [1.54, 1.807) is 4.90 Å². The molecule has 12 heavy (non-hydrogen) atoms. The summed E-state index contributed by atoms with van der Waals surface area (Å²) in [5.74, 6) is 0.734. The summed E-state index contributed by atoms with van der Waals surface area (Å²) >= 11 is 0. The highest BCUT2D eigenvalue weighted by Crippen LogP contribution is 2.16. The highest BCUT2D eigenvalue weighted by Gasteiger charge is 2.20. The molecule has 0 aromatic rings. The molecule has 1 saturated heterocycles. The molecule has 0 spiro atoms. The lowest BCUT2D eigenvalue weighted by Crippen LogP contribution is -2.37. The van der Waals surface area contributed by atoms with Crippen LogP contribution in [0.1, 0.15) is 19.8 Å². The van der Waals surface area contributed by atoms with E-state index in [-0.39, 0.29) is 6.09 Å². The maximum Gasteiger partial charge on any atom is 0.414 e. The van der Waals surface area contributed by atoms with Crippen molar-refractivity contribution in [1.82, 2.24) is 4.90 Å². The van der Waals surface area contributed by atoms with Crippen LogP contribution in [0.15, 0.2) is 12.8 Å². The van der Waals surface area contributed by atoms with E-state index >= 15 is 0 Å². The molecule has 0 N–H and O–H groups in total. The normalized spacial score (nSPS) is 18.9. The van der Waals surface area contributed by atoms with Crippen LogP contribution in [0, 0.1) is 5.92 Å². The zero-order chi connectivity index (χ0) is 8.97. The highest BCUT2D eigenvalue weighted by atomic mass is 16.5. The van der Waals surface area contributed by atoms with Crippen molar-refractivity contribution in [2.45, 2.75) is 19.8 Å². The third kappa shape index (κ3) is 2.26. The molecule has 0 unspecified atom stereocenters. The van der Waals surface area contributed by atoms with Gasteiger partial charge in [-0.25, -0.2) is 4.79 Å². The van der Waals surface area contributed by atoms with Crippen LogP contribution in [0.25, 0.3) is 0 Å². The molecule has 0 aliphatic carbocycles. The predicted octanol–water partition coefficient (Wildman–Crippen LogP) is 2.00. The van der Waals surface area contributed by atoms with Gasteiger partial charge >= 0.3 is 6.09 Å². The third-order valence-electron chi connectivity index (χ3n) is 2.23. The number of ether oxygens (including phenoxy) is 1. The molecule has 1 amide bonds. The topological polar surface area (TPSA) is 29.5 Å². The number of nitrogens with zero attached hydrogens (tertiary/aromatic N) is 1. The summed E-state index contributed by atoms with van der Waals surface area (Å²) in [5, 5.41) is 0. The zero-order valence-electron chi connectivity index (χ0n) is 7.45. The Morgan fingerprint density at radius 1 is 1.58 bits per heavy atom. The van der Waals surface area contributed by atoms with Crippen LogP contribution in [0.5, 0.6) is 0 Å². The molecule has 1 fully saturated rings. The van der Waals surface area contributed by atoms with E-state index in [0.717, 1.165) is 31.8 Å². The Labute approximate surface area is 73.0 Å². The van der Waals surface area contributed by atoms with Crippen molar-refractivity contribution in [2.24, 2.45) is 5.92 Å². The lowest BCUT2D eigenvalue weighted by Gasteiger charge is -2.28. The number of likely N-dealkylation sites (tertiary alicyclic amines) is 1. The summed E-state index contributed by atoms with van der Waals surface area (Å²) in [4.78, 5) is 12.9. The molecule has 0 aromatic heterocycles. The number of amides is 1. The van der Waals surface area contributed by atoms with Crippen LogP contribution in [0.4, 0.5) is 4.79 Å². The van der Waals surface area contributed by atoms with Crippen molar-refractivity contribution in [3.63, 3.8) is 0 Å². The Balaban J connectivity index is 2.33. The Morgan fingerprint density at radius 2 is 2.17 bits per heavy atom. The van der Waals surface area contributed by atoms with Gasteiger partial charge < -0.3 is 9.64 Å². The molecule has 1 heterocycles. The van der Waals surface area contributed by atoms with Gasteiger partial charge in [0.15, 0.2) is 0 Å². The minimum absolute atomic E-state index is 0.267. The highest BCUT2D eigenvalue weighted by molar-refractivity contribution is 5.68. The first-order valence-corrected chi connectivity index (χ1v) is 4.30. The zero-order valence-corrected chi connectivity index (χ0v) is 7.45. The van der Waals surface area contributed by atoms with E-state index in [0.29, 0.717) is 0 Å². The predicted molar refractivity (Wildman–Crippen MR) is 46.6 cm³/mol. The number of piperidine rings is 1. The van der Waals surface area contributed by atoms with Crippen molar-refractivity contribution in [2.75, 3.05) is 13.1 Å². The maximum atomic E-state index is 11.1. The van der Waals surface area contributed by atoms with Gasteiger partial charge in [-0.1, -0.05) is 13.5 Å². The van der Waals surface area contributed by atoms with Crippen molar-refractivity contribution < 1.29 is 9.53 Å². The van der Waals surface area contributed by atoms with E-state index in [1.165, 1.54) is 6.26 Å². The van der Waals surface area contributed by atoms with Crippen LogP contribution in [-0.2, 0) is 4.74 Å². The number of hydrogen-bond donors (Lipinski definition) is 0. The summed E-state index contributed by atoms with van der Waals surface area (Å²) in [7, 11) is 0. The molecule has 1 rings (SSSR count). The Kier molecular flexibility index (Phi) is 3.14. The van der Waals surface area contributed by atoms with Crippen LogP contribution in [0.2, 0.25) is 0 Å². The molecule has 3 heteroatoms. The Morgan fingerprint density at radius 3 is 2.67 bits per heavy atom. The van der Waals surface area contributed by atoms with Crippen LogP contribution in [-0.4, -0.2) is 24.1 Å². The van der Waals surface area contributed by atoms with Crippen LogP contribution >= 0.6 is 0 Å². The van der Waals surface area contributed by atoms with Gasteiger partial charge in [-0.3, -0.25) is 0 Å². The number of carbonyl (C=O) groups excluding carboxylic acids is 1. The van der Waals surface area contributed by atoms with E-state index in [9.17, 15) is 4.79 Å². The minimum Gasteiger partial charge on any atom is -0.419 e. The molecule has 0 bridgehead atoms. The van der Waals surface area contributed by atoms with Gasteiger partial charge in [-0.05, 0) is 18.8 Å². The van der Waals surface area contributed by atoms with Gasteiger partial charge in [0.1, 0.15) is 0 Å². The fraction of sp³-hybridized carbons (Fsp3) is 0.667. The Hall–Kier alpha value is -0.990. The third-order valence-corrected chi connectivity index (χ3v) is 2.23. The molecule has 1 aliphatic heterocycles. The number of rotatable bonds is 1. The average Bonchev–Trinajstić information content (AvgIpc) is 2.06. The summed E-state index contributed by atoms with van der Waals surface area (Å²) in [5.41, 5.74) is 0. The smallest absolute Gasteiger partial charge is 0.414 e. The molecule has 0 radical (unpaired) electrons. The molecule has 1 aliphatic rings. The van der Waals surface area contributed by atoms with Gasteiger partial charge in [-0.2, -0.15) is 0 Å². The van der Waals surface area contributed by atoms with Gasteiger partial charge in [0.05, 0.1) is 6.26 Å². The minimum atomic E-state index is -0.267. The average molecular weight is 169 g/mol. The molecule has 68 valence electrons. The SMILES string of the molecule is C=COC(=O)N1CCC(C)CC1. The van der Waals surface area contributed by atoms with Crippen LogP contribution < -0.4 is 0 Å². The van der Waals surface area contributed by atoms with Crippen molar-refractivity contribution in [1.29, 1.82) is 0 Å². The Bertz CT molecular complexity index is 171. The van der Waals surface area contributed by atoms with E-state index in [2.05, 4.69) is 18.2 Å². The maximum absolute atomic E-state index is 11.1. The molecular formula is C9H15NO2.